The number of aliphatic hydroxyl groups excluding tert-OH is 1. The van der Waals surface area contributed by atoms with Gasteiger partial charge in [0.2, 0.25) is 0 Å². The minimum Gasteiger partial charge on any atom is -0.392 e. The van der Waals surface area contributed by atoms with Gasteiger partial charge in [-0.25, -0.2) is 0 Å². The van der Waals surface area contributed by atoms with E-state index in [0.717, 1.165) is 5.56 Å². The lowest BCUT2D eigenvalue weighted by Gasteiger charge is -2.07. The Morgan fingerprint density at radius 3 is 2.89 bits per heavy atom. The molecule has 1 aromatic heterocycles. The molecule has 0 aliphatic carbocycles. The topological polar surface area (TPSA) is 62.2 Å². The van der Waals surface area contributed by atoms with Gasteiger partial charge >= 0.3 is 0 Å². The molecule has 0 saturated carbocycles. The number of hydrogen-bond acceptors (Lipinski definition) is 3. The van der Waals surface area contributed by atoms with Crippen molar-refractivity contribution in [3.8, 4) is 0 Å². The monoisotopic (exact) mass is 242 g/mol. The quantitative estimate of drug-likeness (QED) is 0.866. The van der Waals surface area contributed by atoms with Gasteiger partial charge in [0, 0.05) is 17.6 Å². The van der Waals surface area contributed by atoms with Crippen molar-refractivity contribution < 1.29 is 9.90 Å². The predicted octanol–water partition coefficient (Wildman–Crippen LogP) is 2.13. The number of aromatic nitrogens is 1. The molecule has 1 amide bonds. The summed E-state index contributed by atoms with van der Waals surface area (Å²) >= 11 is 0. The Balaban J connectivity index is 2.19. The Labute approximate surface area is 105 Å². The van der Waals surface area contributed by atoms with Crippen molar-refractivity contribution in [3.63, 3.8) is 0 Å². The Kier molecular flexibility index (Phi) is 3.69. The molecule has 4 nitrogen and oxygen atoms in total. The fourth-order valence-corrected chi connectivity index (χ4v) is 1.67. The molecule has 2 N–H and O–H groups in total. The zero-order valence-electron chi connectivity index (χ0n) is 10.1. The van der Waals surface area contributed by atoms with E-state index in [-0.39, 0.29) is 12.5 Å². The van der Waals surface area contributed by atoms with Gasteiger partial charge in [0.05, 0.1) is 12.2 Å². The largest absolute Gasteiger partial charge is 0.392 e. The number of anilines is 1. The summed E-state index contributed by atoms with van der Waals surface area (Å²) in [6, 6.07) is 10.6. The summed E-state index contributed by atoms with van der Waals surface area (Å²) in [5.41, 5.74) is 2.66. The maximum Gasteiger partial charge on any atom is 0.257 e. The summed E-state index contributed by atoms with van der Waals surface area (Å²) in [4.78, 5) is 16.1. The van der Waals surface area contributed by atoms with Gasteiger partial charge in [-0.05, 0) is 36.8 Å². The lowest BCUT2D eigenvalue weighted by molar-refractivity contribution is 0.102. The SMILES string of the molecule is Cc1ncccc1C(=O)Nc1cccc(CO)c1. The van der Waals surface area contributed by atoms with Crippen LogP contribution in [0, 0.1) is 6.92 Å². The van der Waals surface area contributed by atoms with Crippen molar-refractivity contribution in [2.45, 2.75) is 13.5 Å². The summed E-state index contributed by atoms with van der Waals surface area (Å²) < 4.78 is 0. The van der Waals surface area contributed by atoms with Gasteiger partial charge < -0.3 is 10.4 Å². The van der Waals surface area contributed by atoms with Crippen LogP contribution in [-0.4, -0.2) is 16.0 Å². The Morgan fingerprint density at radius 2 is 2.17 bits per heavy atom. The van der Waals surface area contributed by atoms with E-state index in [4.69, 9.17) is 5.11 Å². The average Bonchev–Trinajstić information content (AvgIpc) is 2.39. The molecule has 1 aromatic carbocycles. The predicted molar refractivity (Wildman–Crippen MR) is 69.3 cm³/mol. The highest BCUT2D eigenvalue weighted by molar-refractivity contribution is 6.04. The number of aryl methyl sites for hydroxylation is 1. The Hall–Kier alpha value is -2.20. The first-order valence-corrected chi connectivity index (χ1v) is 5.63. The van der Waals surface area contributed by atoms with Crippen molar-refractivity contribution in [2.75, 3.05) is 5.32 Å². The maximum absolute atomic E-state index is 12.0. The maximum atomic E-state index is 12.0. The zero-order chi connectivity index (χ0) is 13.0. The van der Waals surface area contributed by atoms with Crippen molar-refractivity contribution in [1.29, 1.82) is 0 Å². The van der Waals surface area contributed by atoms with E-state index in [1.807, 2.05) is 0 Å². The van der Waals surface area contributed by atoms with Crippen LogP contribution >= 0.6 is 0 Å². The summed E-state index contributed by atoms with van der Waals surface area (Å²) in [7, 11) is 0. The molecule has 0 aliphatic heterocycles. The molecular weight excluding hydrogens is 228 g/mol. The van der Waals surface area contributed by atoms with Gasteiger partial charge in [-0.15, -0.1) is 0 Å². The van der Waals surface area contributed by atoms with Crippen LogP contribution in [-0.2, 0) is 6.61 Å². The highest BCUT2D eigenvalue weighted by Gasteiger charge is 2.09. The van der Waals surface area contributed by atoms with Gasteiger partial charge in [0.1, 0.15) is 0 Å². The molecule has 0 aliphatic rings. The summed E-state index contributed by atoms with van der Waals surface area (Å²) in [5, 5.41) is 11.8. The molecule has 0 radical (unpaired) electrons. The molecule has 2 rings (SSSR count). The number of nitrogens with zero attached hydrogens (tertiary/aromatic N) is 1. The third kappa shape index (κ3) is 2.73. The summed E-state index contributed by atoms with van der Waals surface area (Å²) in [6.07, 6.45) is 1.65. The van der Waals surface area contributed by atoms with E-state index in [1.165, 1.54) is 0 Å². The van der Waals surface area contributed by atoms with Gasteiger partial charge in [0.25, 0.3) is 5.91 Å². The second kappa shape index (κ2) is 5.42. The van der Waals surface area contributed by atoms with Crippen LogP contribution in [0.15, 0.2) is 42.6 Å². The number of hydrogen-bond donors (Lipinski definition) is 2. The third-order valence-electron chi connectivity index (χ3n) is 2.62. The second-order valence-electron chi connectivity index (χ2n) is 3.95. The summed E-state index contributed by atoms with van der Waals surface area (Å²) in [6.45, 7) is 1.74. The van der Waals surface area contributed by atoms with Crippen molar-refractivity contribution in [1.82, 2.24) is 4.98 Å². The Bertz CT molecular complexity index is 567. The van der Waals surface area contributed by atoms with Crippen LogP contribution in [0.3, 0.4) is 0 Å². The first-order valence-electron chi connectivity index (χ1n) is 5.63. The molecule has 2 aromatic rings. The number of rotatable bonds is 3. The highest BCUT2D eigenvalue weighted by Crippen LogP contribution is 2.13. The van der Waals surface area contributed by atoms with Gasteiger partial charge in [-0.1, -0.05) is 12.1 Å². The Morgan fingerprint density at radius 1 is 1.33 bits per heavy atom. The van der Waals surface area contributed by atoms with Crippen LogP contribution in [0.5, 0.6) is 0 Å². The molecule has 0 spiro atoms. The normalized spacial score (nSPS) is 10.1. The van der Waals surface area contributed by atoms with E-state index in [9.17, 15) is 4.79 Å². The van der Waals surface area contributed by atoms with Crippen molar-refractivity contribution >= 4 is 11.6 Å². The fourth-order valence-electron chi connectivity index (χ4n) is 1.67. The molecule has 0 atom stereocenters. The number of amides is 1. The molecule has 18 heavy (non-hydrogen) atoms. The zero-order valence-corrected chi connectivity index (χ0v) is 10.1. The van der Waals surface area contributed by atoms with Gasteiger partial charge in [0.15, 0.2) is 0 Å². The van der Waals surface area contributed by atoms with Crippen LogP contribution in [0.4, 0.5) is 5.69 Å². The second-order valence-corrected chi connectivity index (χ2v) is 3.95. The van der Waals surface area contributed by atoms with Crippen molar-refractivity contribution in [3.05, 3.63) is 59.4 Å². The highest BCUT2D eigenvalue weighted by atomic mass is 16.3. The smallest absolute Gasteiger partial charge is 0.257 e. The molecule has 1 heterocycles. The number of benzene rings is 1. The fraction of sp³-hybridized carbons (Fsp3) is 0.143. The van der Waals surface area contributed by atoms with Crippen LogP contribution in [0.1, 0.15) is 21.6 Å². The minimum absolute atomic E-state index is 0.0460. The summed E-state index contributed by atoms with van der Waals surface area (Å²) in [5.74, 6) is -0.198. The standard InChI is InChI=1S/C14H14N2O2/c1-10-13(6-3-7-15-10)14(18)16-12-5-2-4-11(8-12)9-17/h2-8,17H,9H2,1H3,(H,16,18). The van der Waals surface area contributed by atoms with Gasteiger partial charge in [-0.2, -0.15) is 0 Å². The molecule has 0 unspecified atom stereocenters. The molecule has 0 bridgehead atoms. The van der Waals surface area contributed by atoms with E-state index < -0.39 is 0 Å². The average molecular weight is 242 g/mol. The lowest BCUT2D eigenvalue weighted by atomic mass is 10.1. The van der Waals surface area contributed by atoms with Crippen LogP contribution in [0.2, 0.25) is 0 Å². The first-order chi connectivity index (χ1) is 8.70. The number of nitrogens with one attached hydrogen (secondary N) is 1. The lowest BCUT2D eigenvalue weighted by Crippen LogP contribution is -2.14. The van der Waals surface area contributed by atoms with Crippen molar-refractivity contribution in [2.24, 2.45) is 0 Å². The number of pyridine rings is 1. The molecular formula is C14H14N2O2. The molecule has 0 saturated heterocycles. The van der Waals surface area contributed by atoms with E-state index >= 15 is 0 Å². The molecule has 0 fully saturated rings. The van der Waals surface area contributed by atoms with Gasteiger partial charge in [-0.3, -0.25) is 9.78 Å². The van der Waals surface area contributed by atoms with E-state index in [0.29, 0.717) is 16.9 Å². The number of carbonyl (C=O) groups excluding carboxylic acids is 1. The first kappa shape index (κ1) is 12.3. The number of carbonyl (C=O) groups is 1. The third-order valence-corrected chi connectivity index (χ3v) is 2.62. The molecule has 4 heteroatoms. The molecule has 92 valence electrons. The number of aliphatic hydroxyl groups is 1. The van der Waals surface area contributed by atoms with E-state index in [1.54, 1.807) is 49.5 Å². The van der Waals surface area contributed by atoms with Crippen LogP contribution < -0.4 is 5.32 Å². The van der Waals surface area contributed by atoms with Crippen LogP contribution in [0.25, 0.3) is 0 Å². The van der Waals surface area contributed by atoms with E-state index in [2.05, 4.69) is 10.3 Å². The minimum atomic E-state index is -0.198.